The lowest BCUT2D eigenvalue weighted by molar-refractivity contribution is 0.0990. The third kappa shape index (κ3) is 2.57. The SMILES string of the molecule is CNCC(=O)c1cc(C)cc(C)c1OC. The lowest BCUT2D eigenvalue weighted by Gasteiger charge is -2.11. The molecule has 0 amide bonds. The zero-order chi connectivity index (χ0) is 11.4. The Labute approximate surface area is 90.4 Å². The normalized spacial score (nSPS) is 10.1. The van der Waals surface area contributed by atoms with Gasteiger partial charge in [0, 0.05) is 0 Å². The molecular weight excluding hydrogens is 190 g/mol. The molecule has 0 aliphatic rings. The Morgan fingerprint density at radius 2 is 2.07 bits per heavy atom. The summed E-state index contributed by atoms with van der Waals surface area (Å²) in [6.45, 7) is 4.25. The fourth-order valence-electron chi connectivity index (χ4n) is 1.69. The van der Waals surface area contributed by atoms with E-state index in [9.17, 15) is 4.79 Å². The topological polar surface area (TPSA) is 38.3 Å². The molecule has 0 saturated heterocycles. The van der Waals surface area contributed by atoms with E-state index < -0.39 is 0 Å². The minimum absolute atomic E-state index is 0.0566. The van der Waals surface area contributed by atoms with Crippen LogP contribution in [0.4, 0.5) is 0 Å². The summed E-state index contributed by atoms with van der Waals surface area (Å²) >= 11 is 0. The Morgan fingerprint density at radius 1 is 1.40 bits per heavy atom. The van der Waals surface area contributed by atoms with Crippen molar-refractivity contribution in [2.24, 2.45) is 0 Å². The summed E-state index contributed by atoms with van der Waals surface area (Å²) in [6.07, 6.45) is 0. The Bertz CT molecular complexity index is 372. The molecule has 82 valence electrons. The molecular formula is C12H17NO2. The molecule has 3 heteroatoms. The van der Waals surface area contributed by atoms with Crippen LogP contribution in [0.25, 0.3) is 0 Å². The maximum Gasteiger partial charge on any atom is 0.180 e. The second-order valence-corrected chi connectivity index (χ2v) is 3.62. The number of hydrogen-bond acceptors (Lipinski definition) is 3. The zero-order valence-corrected chi connectivity index (χ0v) is 9.68. The standard InChI is InChI=1S/C12H17NO2/c1-8-5-9(2)12(15-4)10(6-8)11(14)7-13-3/h5-6,13H,7H2,1-4H3. The fraction of sp³-hybridized carbons (Fsp3) is 0.417. The van der Waals surface area contributed by atoms with E-state index in [1.165, 1.54) is 0 Å². The lowest BCUT2D eigenvalue weighted by atomic mass is 10.0. The molecule has 0 atom stereocenters. The van der Waals surface area contributed by atoms with Gasteiger partial charge in [-0.2, -0.15) is 0 Å². The molecule has 1 aromatic rings. The van der Waals surface area contributed by atoms with Crippen LogP contribution in [-0.2, 0) is 0 Å². The number of methoxy groups -OCH3 is 1. The predicted molar refractivity (Wildman–Crippen MR) is 60.7 cm³/mol. The highest BCUT2D eigenvalue weighted by Gasteiger charge is 2.13. The lowest BCUT2D eigenvalue weighted by Crippen LogP contribution is -2.19. The van der Waals surface area contributed by atoms with Crippen LogP contribution in [0.3, 0.4) is 0 Å². The maximum absolute atomic E-state index is 11.8. The molecule has 0 spiro atoms. The van der Waals surface area contributed by atoms with Crippen LogP contribution in [0.1, 0.15) is 21.5 Å². The number of Topliss-reactive ketones (excluding diaryl/α,β-unsaturated/α-hetero) is 1. The van der Waals surface area contributed by atoms with Crippen LogP contribution in [0.5, 0.6) is 5.75 Å². The quantitative estimate of drug-likeness (QED) is 0.764. The number of rotatable bonds is 4. The first-order valence-electron chi connectivity index (χ1n) is 4.93. The van der Waals surface area contributed by atoms with Crippen molar-refractivity contribution in [1.29, 1.82) is 0 Å². The summed E-state index contributed by atoms with van der Waals surface area (Å²) in [6, 6.07) is 3.88. The van der Waals surface area contributed by atoms with E-state index in [0.29, 0.717) is 17.9 Å². The van der Waals surface area contributed by atoms with E-state index in [1.807, 2.05) is 26.0 Å². The van der Waals surface area contributed by atoms with E-state index in [1.54, 1.807) is 14.2 Å². The van der Waals surface area contributed by atoms with Crippen LogP contribution in [-0.4, -0.2) is 26.5 Å². The molecule has 1 N–H and O–H groups in total. The van der Waals surface area contributed by atoms with Gasteiger partial charge in [0.15, 0.2) is 5.78 Å². The number of nitrogens with one attached hydrogen (secondary N) is 1. The van der Waals surface area contributed by atoms with Gasteiger partial charge >= 0.3 is 0 Å². The Hall–Kier alpha value is -1.35. The van der Waals surface area contributed by atoms with Crippen LogP contribution in [0.2, 0.25) is 0 Å². The summed E-state index contributed by atoms with van der Waals surface area (Å²) in [5.41, 5.74) is 2.73. The summed E-state index contributed by atoms with van der Waals surface area (Å²) in [5.74, 6) is 0.738. The van der Waals surface area contributed by atoms with Gasteiger partial charge in [0.05, 0.1) is 19.2 Å². The van der Waals surface area contributed by atoms with Gasteiger partial charge in [-0.15, -0.1) is 0 Å². The Morgan fingerprint density at radius 3 is 2.60 bits per heavy atom. The largest absolute Gasteiger partial charge is 0.496 e. The van der Waals surface area contributed by atoms with Crippen molar-refractivity contribution in [3.63, 3.8) is 0 Å². The van der Waals surface area contributed by atoms with Crippen LogP contribution in [0, 0.1) is 13.8 Å². The number of carbonyl (C=O) groups excluding carboxylic acids is 1. The number of benzene rings is 1. The molecule has 0 saturated carbocycles. The van der Waals surface area contributed by atoms with Crippen molar-refractivity contribution >= 4 is 5.78 Å². The number of hydrogen-bond donors (Lipinski definition) is 1. The van der Waals surface area contributed by atoms with E-state index in [2.05, 4.69) is 5.32 Å². The second kappa shape index (κ2) is 4.94. The Kier molecular flexibility index (Phi) is 3.86. The van der Waals surface area contributed by atoms with Gasteiger partial charge in [0.1, 0.15) is 5.75 Å². The molecule has 0 bridgehead atoms. The molecule has 15 heavy (non-hydrogen) atoms. The van der Waals surface area contributed by atoms with E-state index >= 15 is 0 Å². The second-order valence-electron chi connectivity index (χ2n) is 3.62. The first kappa shape index (κ1) is 11.7. The molecule has 1 aromatic carbocycles. The minimum Gasteiger partial charge on any atom is -0.496 e. The van der Waals surface area contributed by atoms with Crippen molar-refractivity contribution in [1.82, 2.24) is 5.32 Å². The number of ketones is 1. The summed E-state index contributed by atoms with van der Waals surface area (Å²) in [7, 11) is 3.35. The van der Waals surface area contributed by atoms with E-state index in [4.69, 9.17) is 4.74 Å². The number of carbonyl (C=O) groups is 1. The first-order valence-corrected chi connectivity index (χ1v) is 4.93. The minimum atomic E-state index is 0.0566. The molecule has 0 fully saturated rings. The summed E-state index contributed by atoms with van der Waals surface area (Å²) in [4.78, 5) is 11.8. The molecule has 0 heterocycles. The maximum atomic E-state index is 11.8. The third-order valence-corrected chi connectivity index (χ3v) is 2.26. The van der Waals surface area contributed by atoms with Crippen molar-refractivity contribution in [3.05, 3.63) is 28.8 Å². The summed E-state index contributed by atoms with van der Waals surface area (Å²) in [5, 5.41) is 2.85. The average Bonchev–Trinajstić information content (AvgIpc) is 2.17. The molecule has 0 unspecified atom stereocenters. The summed E-state index contributed by atoms with van der Waals surface area (Å²) < 4.78 is 5.25. The van der Waals surface area contributed by atoms with Crippen molar-refractivity contribution in [2.75, 3.05) is 20.7 Å². The molecule has 0 aliphatic carbocycles. The smallest absolute Gasteiger partial charge is 0.180 e. The van der Waals surface area contributed by atoms with E-state index in [0.717, 1.165) is 11.1 Å². The molecule has 3 nitrogen and oxygen atoms in total. The van der Waals surface area contributed by atoms with Crippen LogP contribution in [0.15, 0.2) is 12.1 Å². The highest BCUT2D eigenvalue weighted by atomic mass is 16.5. The monoisotopic (exact) mass is 207 g/mol. The fourth-order valence-corrected chi connectivity index (χ4v) is 1.69. The first-order chi connectivity index (χ1) is 7.10. The van der Waals surface area contributed by atoms with Gasteiger partial charge in [-0.25, -0.2) is 0 Å². The van der Waals surface area contributed by atoms with Crippen molar-refractivity contribution < 1.29 is 9.53 Å². The molecule has 0 aromatic heterocycles. The van der Waals surface area contributed by atoms with Crippen molar-refractivity contribution in [2.45, 2.75) is 13.8 Å². The number of ether oxygens (including phenoxy) is 1. The van der Waals surface area contributed by atoms with Gasteiger partial charge in [-0.1, -0.05) is 6.07 Å². The zero-order valence-electron chi connectivity index (χ0n) is 9.68. The van der Waals surface area contributed by atoms with E-state index in [-0.39, 0.29) is 5.78 Å². The average molecular weight is 207 g/mol. The van der Waals surface area contributed by atoms with Crippen molar-refractivity contribution in [3.8, 4) is 5.75 Å². The predicted octanol–water partition coefficient (Wildman–Crippen LogP) is 1.71. The van der Waals surface area contributed by atoms with Gasteiger partial charge < -0.3 is 10.1 Å². The molecule has 0 radical (unpaired) electrons. The Balaban J connectivity index is 3.20. The van der Waals surface area contributed by atoms with Crippen LogP contribution < -0.4 is 10.1 Å². The highest BCUT2D eigenvalue weighted by Crippen LogP contribution is 2.25. The van der Waals surface area contributed by atoms with Gasteiger partial charge in [-0.3, -0.25) is 4.79 Å². The van der Waals surface area contributed by atoms with Crippen LogP contribution >= 0.6 is 0 Å². The third-order valence-electron chi connectivity index (χ3n) is 2.26. The van der Waals surface area contributed by atoms with Gasteiger partial charge in [0.25, 0.3) is 0 Å². The highest BCUT2D eigenvalue weighted by molar-refractivity contribution is 6.00. The molecule has 0 aliphatic heterocycles. The van der Waals surface area contributed by atoms with Gasteiger partial charge in [0.2, 0.25) is 0 Å². The number of likely N-dealkylation sites (N-methyl/N-ethyl adjacent to an activating group) is 1. The molecule has 1 rings (SSSR count). The van der Waals surface area contributed by atoms with Gasteiger partial charge in [-0.05, 0) is 38.1 Å². The number of aryl methyl sites for hydroxylation is 2.